The van der Waals surface area contributed by atoms with Gasteiger partial charge in [-0.25, -0.2) is 0 Å². The minimum Gasteiger partial charge on any atom is -0.468 e. The Morgan fingerprint density at radius 1 is 1.56 bits per heavy atom. The van der Waals surface area contributed by atoms with E-state index in [1.165, 1.54) is 13.5 Å². The Bertz CT molecular complexity index is 231. The number of esters is 1. The van der Waals surface area contributed by atoms with E-state index < -0.39 is 0 Å². The Kier molecular flexibility index (Phi) is 5.22. The quantitative estimate of drug-likeness (QED) is 0.709. The van der Waals surface area contributed by atoms with Gasteiger partial charge in [0.25, 0.3) is 0 Å². The van der Waals surface area contributed by atoms with Crippen molar-refractivity contribution in [3.63, 3.8) is 0 Å². The van der Waals surface area contributed by atoms with Crippen LogP contribution in [0.25, 0.3) is 0 Å². The summed E-state index contributed by atoms with van der Waals surface area (Å²) in [5, 5.41) is 3.26. The maximum absolute atomic E-state index is 11.6. The van der Waals surface area contributed by atoms with Crippen LogP contribution in [0, 0.1) is 5.92 Å². The van der Waals surface area contributed by atoms with Crippen molar-refractivity contribution in [2.75, 3.05) is 26.7 Å². The highest BCUT2D eigenvalue weighted by Crippen LogP contribution is 2.15. The first-order valence-electron chi connectivity index (χ1n) is 6.09. The third-order valence-electron chi connectivity index (χ3n) is 2.97. The average Bonchev–Trinajstić information content (AvgIpc) is 2.61. The molecule has 4 heteroatoms. The number of likely N-dealkylation sites (tertiary alicyclic amines) is 1. The van der Waals surface area contributed by atoms with Crippen LogP contribution in [-0.2, 0) is 9.53 Å². The highest BCUT2D eigenvalue weighted by Gasteiger charge is 2.26. The molecular weight excluding hydrogens is 204 g/mol. The number of carbonyl (C=O) groups is 1. The molecule has 1 heterocycles. The Hall–Kier alpha value is -0.610. The molecule has 0 amide bonds. The van der Waals surface area contributed by atoms with E-state index in [1.54, 1.807) is 0 Å². The predicted molar refractivity (Wildman–Crippen MR) is 64.3 cm³/mol. The maximum atomic E-state index is 11.6. The second-order valence-electron chi connectivity index (χ2n) is 5.05. The van der Waals surface area contributed by atoms with Gasteiger partial charge in [0.05, 0.1) is 7.11 Å². The van der Waals surface area contributed by atoms with Gasteiger partial charge >= 0.3 is 5.97 Å². The molecule has 0 aromatic rings. The van der Waals surface area contributed by atoms with E-state index in [4.69, 9.17) is 4.74 Å². The fraction of sp³-hybridized carbons (Fsp3) is 0.917. The van der Waals surface area contributed by atoms with E-state index in [2.05, 4.69) is 17.1 Å². The standard InChI is InChI=1S/C12H24N2O2/c1-9(2)13-11(12(15)16-4)8-14-6-5-10(3)7-14/h9-11,13H,5-8H2,1-4H3. The third kappa shape index (κ3) is 4.10. The van der Waals surface area contributed by atoms with Crippen molar-refractivity contribution in [1.82, 2.24) is 10.2 Å². The lowest BCUT2D eigenvalue weighted by molar-refractivity contribution is -0.143. The second-order valence-corrected chi connectivity index (χ2v) is 5.05. The van der Waals surface area contributed by atoms with Gasteiger partial charge in [-0.2, -0.15) is 0 Å². The lowest BCUT2D eigenvalue weighted by Crippen LogP contribution is -2.48. The average molecular weight is 228 g/mol. The van der Waals surface area contributed by atoms with Crippen LogP contribution in [0.2, 0.25) is 0 Å². The number of hydrogen-bond donors (Lipinski definition) is 1. The summed E-state index contributed by atoms with van der Waals surface area (Å²) in [4.78, 5) is 13.9. The van der Waals surface area contributed by atoms with Gasteiger partial charge in [-0.1, -0.05) is 20.8 Å². The number of hydrogen-bond acceptors (Lipinski definition) is 4. The molecule has 16 heavy (non-hydrogen) atoms. The Labute approximate surface area is 98.3 Å². The van der Waals surface area contributed by atoms with Crippen LogP contribution < -0.4 is 5.32 Å². The van der Waals surface area contributed by atoms with Crippen LogP contribution >= 0.6 is 0 Å². The van der Waals surface area contributed by atoms with Crippen LogP contribution in [0.5, 0.6) is 0 Å². The molecule has 1 saturated heterocycles. The molecule has 0 aromatic carbocycles. The molecule has 1 rings (SSSR count). The minimum absolute atomic E-state index is 0.159. The number of nitrogens with zero attached hydrogens (tertiary/aromatic N) is 1. The van der Waals surface area contributed by atoms with Gasteiger partial charge in [0.1, 0.15) is 6.04 Å². The SMILES string of the molecule is COC(=O)C(CN1CCC(C)C1)NC(C)C. The van der Waals surface area contributed by atoms with Gasteiger partial charge in [-0.3, -0.25) is 4.79 Å². The van der Waals surface area contributed by atoms with Crippen molar-refractivity contribution < 1.29 is 9.53 Å². The van der Waals surface area contributed by atoms with Crippen molar-refractivity contribution in [2.45, 2.75) is 39.3 Å². The van der Waals surface area contributed by atoms with Gasteiger partial charge in [0.2, 0.25) is 0 Å². The van der Waals surface area contributed by atoms with Crippen LogP contribution in [0.15, 0.2) is 0 Å². The molecule has 1 aliphatic rings. The van der Waals surface area contributed by atoms with Gasteiger partial charge in [0.15, 0.2) is 0 Å². The zero-order chi connectivity index (χ0) is 12.1. The lowest BCUT2D eigenvalue weighted by Gasteiger charge is -2.24. The van der Waals surface area contributed by atoms with E-state index >= 15 is 0 Å². The molecule has 0 aliphatic carbocycles. The zero-order valence-corrected chi connectivity index (χ0v) is 10.8. The van der Waals surface area contributed by atoms with Crippen molar-refractivity contribution >= 4 is 5.97 Å². The largest absolute Gasteiger partial charge is 0.468 e. The Morgan fingerprint density at radius 3 is 2.69 bits per heavy atom. The topological polar surface area (TPSA) is 41.6 Å². The summed E-state index contributed by atoms with van der Waals surface area (Å²) in [6.45, 7) is 9.28. The summed E-state index contributed by atoms with van der Waals surface area (Å²) in [7, 11) is 1.45. The summed E-state index contributed by atoms with van der Waals surface area (Å²) < 4.78 is 4.82. The summed E-state index contributed by atoms with van der Waals surface area (Å²) in [6, 6.07) is 0.0967. The summed E-state index contributed by atoms with van der Waals surface area (Å²) in [6.07, 6.45) is 1.23. The first-order chi connectivity index (χ1) is 7.52. The Morgan fingerprint density at radius 2 is 2.25 bits per heavy atom. The molecule has 1 fully saturated rings. The number of ether oxygens (including phenoxy) is 1. The molecule has 94 valence electrons. The number of rotatable bonds is 5. The normalized spacial score (nSPS) is 23.7. The molecule has 2 atom stereocenters. The van der Waals surface area contributed by atoms with Crippen molar-refractivity contribution in [1.29, 1.82) is 0 Å². The van der Waals surface area contributed by atoms with Crippen molar-refractivity contribution in [3.8, 4) is 0 Å². The van der Waals surface area contributed by atoms with Crippen LogP contribution in [0.1, 0.15) is 27.2 Å². The van der Waals surface area contributed by atoms with Crippen LogP contribution in [0.3, 0.4) is 0 Å². The lowest BCUT2D eigenvalue weighted by atomic mass is 10.2. The van der Waals surface area contributed by atoms with Crippen molar-refractivity contribution in [2.24, 2.45) is 5.92 Å². The highest BCUT2D eigenvalue weighted by molar-refractivity contribution is 5.76. The Balaban J connectivity index is 2.46. The van der Waals surface area contributed by atoms with E-state index in [-0.39, 0.29) is 12.0 Å². The molecule has 1 aliphatic heterocycles. The first-order valence-corrected chi connectivity index (χ1v) is 6.09. The maximum Gasteiger partial charge on any atom is 0.324 e. The smallest absolute Gasteiger partial charge is 0.324 e. The third-order valence-corrected chi connectivity index (χ3v) is 2.97. The van der Waals surface area contributed by atoms with E-state index in [9.17, 15) is 4.79 Å². The molecule has 0 radical (unpaired) electrons. The number of carbonyl (C=O) groups excluding carboxylic acids is 1. The number of nitrogens with one attached hydrogen (secondary N) is 1. The van der Waals surface area contributed by atoms with Crippen LogP contribution in [-0.4, -0.2) is 49.7 Å². The van der Waals surface area contributed by atoms with E-state index in [0.717, 1.165) is 25.6 Å². The summed E-state index contributed by atoms with van der Waals surface area (Å²) in [5.41, 5.74) is 0. The predicted octanol–water partition coefficient (Wildman–Crippen LogP) is 0.868. The molecule has 4 nitrogen and oxygen atoms in total. The molecule has 0 bridgehead atoms. The van der Waals surface area contributed by atoms with Gasteiger partial charge < -0.3 is 15.0 Å². The van der Waals surface area contributed by atoms with Gasteiger partial charge in [0, 0.05) is 19.1 Å². The zero-order valence-electron chi connectivity index (χ0n) is 10.8. The van der Waals surface area contributed by atoms with E-state index in [0.29, 0.717) is 6.04 Å². The fourth-order valence-electron chi connectivity index (χ4n) is 2.19. The molecular formula is C12H24N2O2. The molecule has 0 aromatic heterocycles. The second kappa shape index (κ2) is 6.21. The summed E-state index contributed by atoms with van der Waals surface area (Å²) >= 11 is 0. The molecule has 0 saturated carbocycles. The molecule has 2 unspecified atom stereocenters. The fourth-order valence-corrected chi connectivity index (χ4v) is 2.19. The van der Waals surface area contributed by atoms with Crippen LogP contribution in [0.4, 0.5) is 0 Å². The molecule has 1 N–H and O–H groups in total. The summed E-state index contributed by atoms with van der Waals surface area (Å²) in [5.74, 6) is 0.589. The van der Waals surface area contributed by atoms with E-state index in [1.807, 2.05) is 13.8 Å². The monoisotopic (exact) mass is 228 g/mol. The van der Waals surface area contributed by atoms with Gasteiger partial charge in [-0.15, -0.1) is 0 Å². The molecule has 0 spiro atoms. The minimum atomic E-state index is -0.199. The van der Waals surface area contributed by atoms with Crippen molar-refractivity contribution in [3.05, 3.63) is 0 Å². The van der Waals surface area contributed by atoms with Gasteiger partial charge in [-0.05, 0) is 18.9 Å². The first kappa shape index (κ1) is 13.5. The number of methoxy groups -OCH3 is 1. The highest BCUT2D eigenvalue weighted by atomic mass is 16.5.